The van der Waals surface area contributed by atoms with Crippen LogP contribution >= 0.6 is 11.6 Å². The second-order valence-corrected chi connectivity index (χ2v) is 5.60. The third-order valence-electron chi connectivity index (χ3n) is 3.35. The fourth-order valence-electron chi connectivity index (χ4n) is 2.27. The fourth-order valence-corrected chi connectivity index (χ4v) is 2.56. The minimum absolute atomic E-state index is 0.398. The summed E-state index contributed by atoms with van der Waals surface area (Å²) in [7, 11) is 0. The highest BCUT2D eigenvalue weighted by Gasteiger charge is 2.31. The first-order valence-corrected chi connectivity index (χ1v) is 6.89. The van der Waals surface area contributed by atoms with Crippen molar-refractivity contribution >= 4 is 17.6 Å². The van der Waals surface area contributed by atoms with Crippen LogP contribution in [0.3, 0.4) is 0 Å². The molecule has 2 rings (SSSR count). The molecule has 0 saturated heterocycles. The monoisotopic (exact) mass is 277 g/mol. The van der Waals surface area contributed by atoms with Gasteiger partial charge in [-0.2, -0.15) is 0 Å². The molecule has 1 fully saturated rings. The standard InChI is InChI=1S/C15H20ClN3/c1-10(2)9-18-15(17)19-12-7-11(8-12)13-5-3-4-6-14(13)16/h3-6,11-12H,1,7-9H2,2H3,(H3,17,18,19). The van der Waals surface area contributed by atoms with Crippen LogP contribution in [0.15, 0.2) is 41.4 Å². The SMILES string of the molecule is C=C(C)CN=C(N)NC1CC(c2ccccc2Cl)C1. The predicted molar refractivity (Wildman–Crippen MR) is 81.7 cm³/mol. The molecule has 0 heterocycles. The number of nitrogens with zero attached hydrogens (tertiary/aromatic N) is 1. The summed E-state index contributed by atoms with van der Waals surface area (Å²) >= 11 is 6.19. The first-order valence-electron chi connectivity index (χ1n) is 6.51. The average molecular weight is 278 g/mol. The maximum Gasteiger partial charge on any atom is 0.189 e. The molecule has 0 atom stereocenters. The molecule has 3 N–H and O–H groups in total. The number of rotatable bonds is 4. The van der Waals surface area contributed by atoms with E-state index >= 15 is 0 Å². The van der Waals surface area contributed by atoms with Gasteiger partial charge in [-0.3, -0.25) is 0 Å². The Morgan fingerprint density at radius 2 is 2.16 bits per heavy atom. The summed E-state index contributed by atoms with van der Waals surface area (Å²) in [6.45, 7) is 6.32. The van der Waals surface area contributed by atoms with Gasteiger partial charge in [-0.25, -0.2) is 4.99 Å². The molecule has 1 saturated carbocycles. The molecule has 0 aliphatic heterocycles. The summed E-state index contributed by atoms with van der Waals surface area (Å²) in [5.74, 6) is 1.03. The van der Waals surface area contributed by atoms with Crippen molar-refractivity contribution in [1.82, 2.24) is 5.32 Å². The van der Waals surface area contributed by atoms with Crippen molar-refractivity contribution < 1.29 is 0 Å². The Morgan fingerprint density at radius 3 is 2.79 bits per heavy atom. The second kappa shape index (κ2) is 6.11. The Bertz CT molecular complexity index is 490. The maximum atomic E-state index is 6.19. The Balaban J connectivity index is 1.82. The van der Waals surface area contributed by atoms with Gasteiger partial charge < -0.3 is 11.1 Å². The van der Waals surface area contributed by atoms with Gasteiger partial charge in [0.25, 0.3) is 0 Å². The van der Waals surface area contributed by atoms with E-state index in [1.54, 1.807) is 0 Å². The zero-order chi connectivity index (χ0) is 13.8. The molecule has 0 unspecified atom stereocenters. The molecule has 102 valence electrons. The molecule has 1 aliphatic carbocycles. The van der Waals surface area contributed by atoms with E-state index in [0.717, 1.165) is 23.4 Å². The summed E-state index contributed by atoms with van der Waals surface area (Å²) in [6.07, 6.45) is 2.10. The lowest BCUT2D eigenvalue weighted by Gasteiger charge is -2.36. The molecule has 0 radical (unpaired) electrons. The molecule has 0 bridgehead atoms. The number of hydrogen-bond acceptors (Lipinski definition) is 1. The van der Waals surface area contributed by atoms with Crippen molar-refractivity contribution in [2.24, 2.45) is 10.7 Å². The lowest BCUT2D eigenvalue weighted by atomic mass is 9.76. The van der Waals surface area contributed by atoms with Crippen molar-refractivity contribution in [2.45, 2.75) is 31.7 Å². The number of guanidine groups is 1. The van der Waals surface area contributed by atoms with Crippen molar-refractivity contribution in [1.29, 1.82) is 0 Å². The summed E-state index contributed by atoms with van der Waals surface area (Å²) in [4.78, 5) is 4.22. The van der Waals surface area contributed by atoms with E-state index in [4.69, 9.17) is 17.3 Å². The van der Waals surface area contributed by atoms with Crippen molar-refractivity contribution in [2.75, 3.05) is 6.54 Å². The van der Waals surface area contributed by atoms with Crippen molar-refractivity contribution in [3.8, 4) is 0 Å². The highest BCUT2D eigenvalue weighted by Crippen LogP contribution is 2.39. The van der Waals surface area contributed by atoms with Crippen LogP contribution < -0.4 is 11.1 Å². The topological polar surface area (TPSA) is 50.4 Å². The minimum atomic E-state index is 0.398. The number of nitrogens with one attached hydrogen (secondary N) is 1. The van der Waals surface area contributed by atoms with Crippen LogP contribution in [-0.2, 0) is 0 Å². The van der Waals surface area contributed by atoms with Gasteiger partial charge in [-0.05, 0) is 37.3 Å². The smallest absolute Gasteiger partial charge is 0.189 e. The van der Waals surface area contributed by atoms with Crippen LogP contribution in [0, 0.1) is 0 Å². The van der Waals surface area contributed by atoms with Crippen molar-refractivity contribution in [3.05, 3.63) is 47.0 Å². The van der Waals surface area contributed by atoms with E-state index < -0.39 is 0 Å². The number of hydrogen-bond donors (Lipinski definition) is 2. The first-order chi connectivity index (χ1) is 9.06. The highest BCUT2D eigenvalue weighted by atomic mass is 35.5. The van der Waals surface area contributed by atoms with E-state index in [-0.39, 0.29) is 0 Å². The van der Waals surface area contributed by atoms with Gasteiger partial charge in [0, 0.05) is 11.1 Å². The molecule has 4 heteroatoms. The molecule has 3 nitrogen and oxygen atoms in total. The van der Waals surface area contributed by atoms with Crippen LogP contribution in [0.5, 0.6) is 0 Å². The van der Waals surface area contributed by atoms with Gasteiger partial charge in [0.15, 0.2) is 5.96 Å². The summed E-state index contributed by atoms with van der Waals surface area (Å²) < 4.78 is 0. The Labute approximate surface area is 119 Å². The Kier molecular flexibility index (Phi) is 4.48. The Morgan fingerprint density at radius 1 is 1.47 bits per heavy atom. The number of nitrogens with two attached hydrogens (primary N) is 1. The van der Waals surface area contributed by atoms with Crippen LogP contribution in [0.4, 0.5) is 0 Å². The summed E-state index contributed by atoms with van der Waals surface area (Å²) in [5.41, 5.74) is 8.06. The Hall–Kier alpha value is -1.48. The molecule has 1 aliphatic rings. The normalized spacial score (nSPS) is 22.7. The molecular weight excluding hydrogens is 258 g/mol. The largest absolute Gasteiger partial charge is 0.370 e. The summed E-state index contributed by atoms with van der Waals surface area (Å²) in [5, 5.41) is 4.09. The molecule has 19 heavy (non-hydrogen) atoms. The number of benzene rings is 1. The molecule has 0 amide bonds. The lowest BCUT2D eigenvalue weighted by Crippen LogP contribution is -2.46. The highest BCUT2D eigenvalue weighted by molar-refractivity contribution is 6.31. The third-order valence-corrected chi connectivity index (χ3v) is 3.70. The quantitative estimate of drug-likeness (QED) is 0.505. The van der Waals surface area contributed by atoms with Gasteiger partial charge in [-0.1, -0.05) is 42.0 Å². The van der Waals surface area contributed by atoms with Gasteiger partial charge in [0.1, 0.15) is 0 Å². The van der Waals surface area contributed by atoms with E-state index in [2.05, 4.69) is 23.0 Å². The van der Waals surface area contributed by atoms with E-state index in [0.29, 0.717) is 24.5 Å². The molecule has 0 aromatic heterocycles. The van der Waals surface area contributed by atoms with Gasteiger partial charge >= 0.3 is 0 Å². The van der Waals surface area contributed by atoms with Crippen LogP contribution in [0.25, 0.3) is 0 Å². The zero-order valence-electron chi connectivity index (χ0n) is 11.2. The number of halogens is 1. The molecule has 1 aromatic rings. The van der Waals surface area contributed by atoms with Gasteiger partial charge in [-0.15, -0.1) is 0 Å². The number of aliphatic imine (C=N–C) groups is 1. The molecular formula is C15H20ClN3. The fraction of sp³-hybridized carbons (Fsp3) is 0.400. The minimum Gasteiger partial charge on any atom is -0.370 e. The predicted octanol–water partition coefficient (Wildman–Crippen LogP) is 3.07. The first kappa shape index (κ1) is 13.9. The van der Waals surface area contributed by atoms with Crippen LogP contribution in [0.1, 0.15) is 31.2 Å². The zero-order valence-corrected chi connectivity index (χ0v) is 12.0. The van der Waals surface area contributed by atoms with E-state index in [1.807, 2.05) is 25.1 Å². The third kappa shape index (κ3) is 3.74. The second-order valence-electron chi connectivity index (χ2n) is 5.19. The van der Waals surface area contributed by atoms with Gasteiger partial charge in [0.05, 0.1) is 6.54 Å². The van der Waals surface area contributed by atoms with Crippen molar-refractivity contribution in [3.63, 3.8) is 0 Å². The van der Waals surface area contributed by atoms with Gasteiger partial charge in [0.2, 0.25) is 0 Å². The lowest BCUT2D eigenvalue weighted by molar-refractivity contribution is 0.323. The average Bonchev–Trinajstić information content (AvgIpc) is 2.32. The van der Waals surface area contributed by atoms with E-state index in [1.165, 1.54) is 5.56 Å². The van der Waals surface area contributed by atoms with Crippen LogP contribution in [-0.4, -0.2) is 18.5 Å². The summed E-state index contributed by atoms with van der Waals surface area (Å²) in [6, 6.07) is 8.44. The van der Waals surface area contributed by atoms with E-state index in [9.17, 15) is 0 Å². The maximum absolute atomic E-state index is 6.19. The molecule has 1 aromatic carbocycles. The van der Waals surface area contributed by atoms with Crippen LogP contribution in [0.2, 0.25) is 5.02 Å². The molecule has 0 spiro atoms.